The molecule has 1 N–H and O–H groups in total. The monoisotopic (exact) mass is 307 g/mol. The van der Waals surface area contributed by atoms with Crippen LogP contribution in [0.25, 0.3) is 0 Å². The van der Waals surface area contributed by atoms with Gasteiger partial charge in [0.05, 0.1) is 12.8 Å². The van der Waals surface area contributed by atoms with E-state index in [0.717, 1.165) is 41.8 Å². The SMILES string of the molecule is OCCCCCSc1nnc(C2CC2)n1Cc1ccco1. The Bertz CT molecular complexity index is 549. The second-order valence-electron chi connectivity index (χ2n) is 5.41. The number of nitrogens with zero attached hydrogens (tertiary/aromatic N) is 3. The first kappa shape index (κ1) is 14.7. The normalized spacial score (nSPS) is 14.7. The largest absolute Gasteiger partial charge is 0.467 e. The average molecular weight is 307 g/mol. The van der Waals surface area contributed by atoms with Crippen LogP contribution in [0.15, 0.2) is 28.0 Å². The van der Waals surface area contributed by atoms with Crippen molar-refractivity contribution in [1.29, 1.82) is 0 Å². The van der Waals surface area contributed by atoms with Crippen molar-refractivity contribution in [2.75, 3.05) is 12.4 Å². The Morgan fingerprint density at radius 2 is 2.19 bits per heavy atom. The lowest BCUT2D eigenvalue weighted by Gasteiger charge is -2.08. The second kappa shape index (κ2) is 7.13. The van der Waals surface area contributed by atoms with E-state index in [1.54, 1.807) is 18.0 Å². The maximum atomic E-state index is 8.80. The molecule has 1 fully saturated rings. The van der Waals surface area contributed by atoms with E-state index in [4.69, 9.17) is 9.52 Å². The lowest BCUT2D eigenvalue weighted by molar-refractivity contribution is 0.284. The van der Waals surface area contributed by atoms with Crippen LogP contribution in [-0.2, 0) is 6.54 Å². The van der Waals surface area contributed by atoms with Gasteiger partial charge in [0, 0.05) is 18.3 Å². The van der Waals surface area contributed by atoms with Crippen molar-refractivity contribution in [1.82, 2.24) is 14.8 Å². The molecular weight excluding hydrogens is 286 g/mol. The quantitative estimate of drug-likeness (QED) is 0.570. The molecule has 0 spiro atoms. The lowest BCUT2D eigenvalue weighted by atomic mass is 10.3. The number of aliphatic hydroxyl groups is 1. The molecular formula is C15H21N3O2S. The predicted molar refractivity (Wildman–Crippen MR) is 81.5 cm³/mol. The van der Waals surface area contributed by atoms with Crippen LogP contribution in [0.1, 0.15) is 49.6 Å². The molecule has 1 saturated carbocycles. The number of furan rings is 1. The highest BCUT2D eigenvalue weighted by Crippen LogP contribution is 2.40. The third-order valence-electron chi connectivity index (χ3n) is 3.62. The van der Waals surface area contributed by atoms with Crippen LogP contribution in [0.4, 0.5) is 0 Å². The van der Waals surface area contributed by atoms with Gasteiger partial charge in [-0.3, -0.25) is 4.57 Å². The summed E-state index contributed by atoms with van der Waals surface area (Å²) in [5.74, 6) is 3.64. The number of aliphatic hydroxyl groups excluding tert-OH is 1. The van der Waals surface area contributed by atoms with E-state index >= 15 is 0 Å². The molecule has 21 heavy (non-hydrogen) atoms. The maximum Gasteiger partial charge on any atom is 0.191 e. The van der Waals surface area contributed by atoms with Gasteiger partial charge in [0.15, 0.2) is 5.16 Å². The van der Waals surface area contributed by atoms with Crippen molar-refractivity contribution in [3.05, 3.63) is 30.0 Å². The molecule has 1 aliphatic rings. The molecule has 2 aromatic rings. The van der Waals surface area contributed by atoms with Crippen LogP contribution in [0.2, 0.25) is 0 Å². The van der Waals surface area contributed by atoms with E-state index < -0.39 is 0 Å². The molecule has 6 heteroatoms. The third kappa shape index (κ3) is 3.89. The standard InChI is InChI=1S/C15H21N3O2S/c19-8-2-1-3-10-21-15-17-16-14(12-6-7-12)18(15)11-13-5-4-9-20-13/h4-5,9,12,19H,1-3,6-8,10-11H2. The van der Waals surface area contributed by atoms with Gasteiger partial charge in [0.2, 0.25) is 0 Å². The molecule has 0 radical (unpaired) electrons. The number of hydrogen-bond donors (Lipinski definition) is 1. The van der Waals surface area contributed by atoms with Gasteiger partial charge in [-0.1, -0.05) is 18.2 Å². The molecule has 0 aliphatic heterocycles. The Balaban J connectivity index is 1.64. The Hall–Kier alpha value is -1.27. The van der Waals surface area contributed by atoms with Gasteiger partial charge in [-0.15, -0.1) is 10.2 Å². The highest BCUT2D eigenvalue weighted by atomic mass is 32.2. The zero-order valence-electron chi connectivity index (χ0n) is 12.1. The van der Waals surface area contributed by atoms with E-state index in [9.17, 15) is 0 Å². The summed E-state index contributed by atoms with van der Waals surface area (Å²) in [5, 5.41) is 18.5. The number of thioether (sulfide) groups is 1. The predicted octanol–water partition coefficient (Wildman–Crippen LogP) is 3.05. The van der Waals surface area contributed by atoms with Crippen LogP contribution in [0, 0.1) is 0 Å². The summed E-state index contributed by atoms with van der Waals surface area (Å²) in [7, 11) is 0. The maximum absolute atomic E-state index is 8.80. The molecule has 0 aromatic carbocycles. The molecule has 0 amide bonds. The number of unbranched alkanes of at least 4 members (excludes halogenated alkanes) is 2. The zero-order chi connectivity index (χ0) is 14.5. The van der Waals surface area contributed by atoms with Crippen LogP contribution >= 0.6 is 11.8 Å². The molecule has 1 aliphatic carbocycles. The summed E-state index contributed by atoms with van der Waals surface area (Å²) in [6.07, 6.45) is 7.18. The third-order valence-corrected chi connectivity index (χ3v) is 4.67. The molecule has 0 unspecified atom stereocenters. The van der Waals surface area contributed by atoms with Crippen molar-refractivity contribution in [3.8, 4) is 0 Å². The van der Waals surface area contributed by atoms with Crippen molar-refractivity contribution in [2.45, 2.75) is 49.7 Å². The Morgan fingerprint density at radius 3 is 2.90 bits per heavy atom. The van der Waals surface area contributed by atoms with Gasteiger partial charge in [-0.05, 0) is 37.8 Å². The summed E-state index contributed by atoms with van der Waals surface area (Å²) in [4.78, 5) is 0. The van der Waals surface area contributed by atoms with Crippen LogP contribution in [-0.4, -0.2) is 32.2 Å². The molecule has 5 nitrogen and oxygen atoms in total. The van der Waals surface area contributed by atoms with Gasteiger partial charge in [0.1, 0.15) is 11.6 Å². The first-order valence-electron chi connectivity index (χ1n) is 7.57. The van der Waals surface area contributed by atoms with E-state index in [2.05, 4.69) is 14.8 Å². The lowest BCUT2D eigenvalue weighted by Crippen LogP contribution is -2.05. The van der Waals surface area contributed by atoms with E-state index in [-0.39, 0.29) is 6.61 Å². The highest BCUT2D eigenvalue weighted by molar-refractivity contribution is 7.99. The Kier molecular flexibility index (Phi) is 4.98. The molecule has 2 heterocycles. The molecule has 114 valence electrons. The second-order valence-corrected chi connectivity index (χ2v) is 6.48. The van der Waals surface area contributed by atoms with Crippen molar-refractivity contribution < 1.29 is 9.52 Å². The first-order valence-corrected chi connectivity index (χ1v) is 8.56. The molecule has 3 rings (SSSR count). The van der Waals surface area contributed by atoms with Crippen LogP contribution in [0.5, 0.6) is 0 Å². The van der Waals surface area contributed by atoms with Crippen molar-refractivity contribution in [3.63, 3.8) is 0 Å². The van der Waals surface area contributed by atoms with E-state index in [1.165, 1.54) is 12.8 Å². The van der Waals surface area contributed by atoms with Gasteiger partial charge < -0.3 is 9.52 Å². The number of rotatable bonds is 9. The molecule has 0 atom stereocenters. The fourth-order valence-corrected chi connectivity index (χ4v) is 3.25. The summed E-state index contributed by atoms with van der Waals surface area (Å²) < 4.78 is 7.66. The minimum atomic E-state index is 0.283. The zero-order valence-corrected chi connectivity index (χ0v) is 12.9. The summed E-state index contributed by atoms with van der Waals surface area (Å²) in [6, 6.07) is 3.91. The molecule has 0 saturated heterocycles. The first-order chi connectivity index (χ1) is 10.4. The van der Waals surface area contributed by atoms with Gasteiger partial charge in [-0.25, -0.2) is 0 Å². The minimum Gasteiger partial charge on any atom is -0.467 e. The minimum absolute atomic E-state index is 0.283. The fourth-order valence-electron chi connectivity index (χ4n) is 2.31. The molecule has 2 aromatic heterocycles. The van der Waals surface area contributed by atoms with E-state index in [0.29, 0.717) is 12.5 Å². The van der Waals surface area contributed by atoms with Crippen LogP contribution < -0.4 is 0 Å². The highest BCUT2D eigenvalue weighted by Gasteiger charge is 2.30. The van der Waals surface area contributed by atoms with Crippen LogP contribution in [0.3, 0.4) is 0 Å². The number of aromatic nitrogens is 3. The summed E-state index contributed by atoms with van der Waals surface area (Å²) in [6.45, 7) is 0.996. The summed E-state index contributed by atoms with van der Waals surface area (Å²) in [5.41, 5.74) is 0. The van der Waals surface area contributed by atoms with Gasteiger partial charge in [-0.2, -0.15) is 0 Å². The van der Waals surface area contributed by atoms with Gasteiger partial charge >= 0.3 is 0 Å². The topological polar surface area (TPSA) is 64.1 Å². The Morgan fingerprint density at radius 1 is 1.29 bits per heavy atom. The molecule has 0 bridgehead atoms. The Labute approximate surface area is 128 Å². The fraction of sp³-hybridized carbons (Fsp3) is 0.600. The van der Waals surface area contributed by atoms with Crippen molar-refractivity contribution in [2.24, 2.45) is 0 Å². The van der Waals surface area contributed by atoms with E-state index in [1.807, 2.05) is 12.1 Å². The number of hydrogen-bond acceptors (Lipinski definition) is 5. The van der Waals surface area contributed by atoms with Gasteiger partial charge in [0.25, 0.3) is 0 Å². The van der Waals surface area contributed by atoms with Crippen molar-refractivity contribution >= 4 is 11.8 Å². The average Bonchev–Trinajstić information content (AvgIpc) is 3.06. The summed E-state index contributed by atoms with van der Waals surface area (Å²) >= 11 is 1.75. The smallest absolute Gasteiger partial charge is 0.191 e.